The van der Waals surface area contributed by atoms with Crippen molar-refractivity contribution < 1.29 is 0 Å². The second-order valence-corrected chi connectivity index (χ2v) is 5.62. The quantitative estimate of drug-likeness (QED) is 0.886. The fourth-order valence-electron chi connectivity index (χ4n) is 2.71. The third-order valence-electron chi connectivity index (χ3n) is 4.02. The van der Waals surface area contributed by atoms with Crippen LogP contribution in [0.25, 0.3) is 0 Å². The molecule has 1 N–H and O–H groups in total. The van der Waals surface area contributed by atoms with E-state index in [4.69, 9.17) is 0 Å². The molecule has 1 aromatic rings. The number of aromatic nitrogens is 1. The van der Waals surface area contributed by atoms with Crippen molar-refractivity contribution in [3.8, 4) is 0 Å². The molecule has 0 saturated carbocycles. The normalized spacial score (nSPS) is 18.2. The van der Waals surface area contributed by atoms with Gasteiger partial charge in [0, 0.05) is 13.6 Å². The molecular weight excluding hydrogens is 222 g/mol. The lowest BCUT2D eigenvalue weighted by atomic mass is 9.87. The van der Waals surface area contributed by atoms with E-state index in [0.717, 1.165) is 24.2 Å². The minimum atomic E-state index is 0.831. The molecule has 0 radical (unpaired) electrons. The molecule has 0 amide bonds. The Bertz CT molecular complexity index is 368. The third-order valence-corrected chi connectivity index (χ3v) is 4.02. The number of hydrogen-bond acceptors (Lipinski definition) is 3. The molecule has 1 aliphatic heterocycles. The SMILES string of the molecule is CNc1cccc(CN2CCC(C(C)C)CC2)n1. The second kappa shape index (κ2) is 6.19. The van der Waals surface area contributed by atoms with Crippen LogP contribution in [-0.2, 0) is 6.54 Å². The first-order chi connectivity index (χ1) is 8.69. The minimum absolute atomic E-state index is 0.831. The molecule has 1 saturated heterocycles. The summed E-state index contributed by atoms with van der Waals surface area (Å²) in [6, 6.07) is 6.21. The standard InChI is InChI=1S/C15H25N3/c1-12(2)13-7-9-18(10-8-13)11-14-5-4-6-15(16-3)17-14/h4-6,12-13H,7-11H2,1-3H3,(H,16,17). The van der Waals surface area contributed by atoms with Crippen LogP contribution in [-0.4, -0.2) is 30.0 Å². The van der Waals surface area contributed by atoms with Gasteiger partial charge in [-0.1, -0.05) is 19.9 Å². The van der Waals surface area contributed by atoms with Gasteiger partial charge in [0.05, 0.1) is 5.69 Å². The van der Waals surface area contributed by atoms with Crippen molar-refractivity contribution in [2.45, 2.75) is 33.2 Å². The molecule has 3 nitrogen and oxygen atoms in total. The van der Waals surface area contributed by atoms with E-state index >= 15 is 0 Å². The summed E-state index contributed by atoms with van der Waals surface area (Å²) < 4.78 is 0. The summed E-state index contributed by atoms with van der Waals surface area (Å²) >= 11 is 0. The molecule has 0 aromatic carbocycles. The van der Waals surface area contributed by atoms with Gasteiger partial charge in [-0.2, -0.15) is 0 Å². The number of rotatable bonds is 4. The highest BCUT2D eigenvalue weighted by Crippen LogP contribution is 2.25. The van der Waals surface area contributed by atoms with Crippen LogP contribution >= 0.6 is 0 Å². The summed E-state index contributed by atoms with van der Waals surface area (Å²) in [5.74, 6) is 2.71. The van der Waals surface area contributed by atoms with Gasteiger partial charge in [-0.15, -0.1) is 0 Å². The number of piperidine rings is 1. The summed E-state index contributed by atoms with van der Waals surface area (Å²) in [7, 11) is 1.92. The fourth-order valence-corrected chi connectivity index (χ4v) is 2.71. The zero-order valence-corrected chi connectivity index (χ0v) is 11.8. The maximum Gasteiger partial charge on any atom is 0.126 e. The molecular formula is C15H25N3. The predicted molar refractivity (Wildman–Crippen MR) is 76.6 cm³/mol. The molecule has 1 aliphatic rings. The van der Waals surface area contributed by atoms with E-state index in [9.17, 15) is 0 Å². The Kier molecular flexibility index (Phi) is 4.59. The third kappa shape index (κ3) is 3.45. The summed E-state index contributed by atoms with van der Waals surface area (Å²) in [6.45, 7) is 8.11. The van der Waals surface area contributed by atoms with Crippen molar-refractivity contribution >= 4 is 5.82 Å². The molecule has 0 spiro atoms. The topological polar surface area (TPSA) is 28.2 Å². The second-order valence-electron chi connectivity index (χ2n) is 5.62. The van der Waals surface area contributed by atoms with Gasteiger partial charge in [0.25, 0.3) is 0 Å². The van der Waals surface area contributed by atoms with Gasteiger partial charge in [0.1, 0.15) is 5.82 Å². The van der Waals surface area contributed by atoms with Gasteiger partial charge in [-0.3, -0.25) is 4.90 Å². The van der Waals surface area contributed by atoms with Gasteiger partial charge >= 0.3 is 0 Å². The molecule has 3 heteroatoms. The van der Waals surface area contributed by atoms with E-state index in [1.165, 1.54) is 31.6 Å². The predicted octanol–water partition coefficient (Wildman–Crippen LogP) is 2.99. The highest BCUT2D eigenvalue weighted by molar-refractivity contribution is 5.34. The number of pyridine rings is 1. The summed E-state index contributed by atoms with van der Waals surface area (Å²) in [6.07, 6.45) is 2.67. The van der Waals surface area contributed by atoms with Gasteiger partial charge in [-0.05, 0) is 49.9 Å². The lowest BCUT2D eigenvalue weighted by Crippen LogP contribution is -2.35. The van der Waals surface area contributed by atoms with Crippen molar-refractivity contribution in [3.05, 3.63) is 23.9 Å². The summed E-state index contributed by atoms with van der Waals surface area (Å²) in [5, 5.41) is 3.10. The van der Waals surface area contributed by atoms with Crippen LogP contribution in [0.15, 0.2) is 18.2 Å². The number of hydrogen-bond donors (Lipinski definition) is 1. The molecule has 1 aromatic heterocycles. The lowest BCUT2D eigenvalue weighted by molar-refractivity contribution is 0.150. The highest BCUT2D eigenvalue weighted by atomic mass is 15.1. The number of anilines is 1. The largest absolute Gasteiger partial charge is 0.373 e. The van der Waals surface area contributed by atoms with Crippen LogP contribution in [0, 0.1) is 11.8 Å². The van der Waals surface area contributed by atoms with Crippen LogP contribution in [0.4, 0.5) is 5.82 Å². The highest BCUT2D eigenvalue weighted by Gasteiger charge is 2.21. The Hall–Kier alpha value is -1.09. The molecule has 18 heavy (non-hydrogen) atoms. The Balaban J connectivity index is 1.87. The average Bonchev–Trinajstić information content (AvgIpc) is 2.39. The monoisotopic (exact) mass is 247 g/mol. The Labute approximate surface area is 111 Å². The van der Waals surface area contributed by atoms with E-state index in [0.29, 0.717) is 0 Å². The van der Waals surface area contributed by atoms with Crippen molar-refractivity contribution in [3.63, 3.8) is 0 Å². The van der Waals surface area contributed by atoms with Gasteiger partial charge < -0.3 is 5.32 Å². The fraction of sp³-hybridized carbons (Fsp3) is 0.667. The van der Waals surface area contributed by atoms with Crippen molar-refractivity contribution in [2.75, 3.05) is 25.5 Å². The molecule has 2 rings (SSSR count). The van der Waals surface area contributed by atoms with Crippen LogP contribution in [0.1, 0.15) is 32.4 Å². The summed E-state index contributed by atoms with van der Waals surface area (Å²) in [4.78, 5) is 7.12. The number of nitrogens with one attached hydrogen (secondary N) is 1. The molecule has 0 atom stereocenters. The maximum absolute atomic E-state index is 4.59. The van der Waals surface area contributed by atoms with E-state index in [-0.39, 0.29) is 0 Å². The van der Waals surface area contributed by atoms with Crippen molar-refractivity contribution in [2.24, 2.45) is 11.8 Å². The average molecular weight is 247 g/mol. The van der Waals surface area contributed by atoms with E-state index in [1.807, 2.05) is 13.1 Å². The molecule has 0 aliphatic carbocycles. The van der Waals surface area contributed by atoms with E-state index < -0.39 is 0 Å². The maximum atomic E-state index is 4.59. The number of nitrogens with zero attached hydrogens (tertiary/aromatic N) is 2. The van der Waals surface area contributed by atoms with Crippen molar-refractivity contribution in [1.29, 1.82) is 0 Å². The molecule has 1 fully saturated rings. The van der Waals surface area contributed by atoms with Gasteiger partial charge in [0.15, 0.2) is 0 Å². The van der Waals surface area contributed by atoms with E-state index in [2.05, 4.69) is 41.2 Å². The van der Waals surface area contributed by atoms with Crippen LogP contribution in [0.3, 0.4) is 0 Å². The Morgan fingerprint density at radius 3 is 2.67 bits per heavy atom. The smallest absolute Gasteiger partial charge is 0.126 e. The minimum Gasteiger partial charge on any atom is -0.373 e. The molecule has 100 valence electrons. The zero-order valence-electron chi connectivity index (χ0n) is 11.8. The molecule has 0 bridgehead atoms. The zero-order chi connectivity index (χ0) is 13.0. The first-order valence-corrected chi connectivity index (χ1v) is 7.05. The lowest BCUT2D eigenvalue weighted by Gasteiger charge is -2.33. The van der Waals surface area contributed by atoms with E-state index in [1.54, 1.807) is 0 Å². The first kappa shape index (κ1) is 13.3. The van der Waals surface area contributed by atoms with Crippen molar-refractivity contribution in [1.82, 2.24) is 9.88 Å². The Morgan fingerprint density at radius 1 is 1.33 bits per heavy atom. The molecule has 0 unspecified atom stereocenters. The molecule has 2 heterocycles. The summed E-state index contributed by atoms with van der Waals surface area (Å²) in [5.41, 5.74) is 1.17. The van der Waals surface area contributed by atoms with Crippen LogP contribution < -0.4 is 5.32 Å². The van der Waals surface area contributed by atoms with Gasteiger partial charge in [0.2, 0.25) is 0 Å². The van der Waals surface area contributed by atoms with Crippen LogP contribution in [0.5, 0.6) is 0 Å². The van der Waals surface area contributed by atoms with Crippen LogP contribution in [0.2, 0.25) is 0 Å². The first-order valence-electron chi connectivity index (χ1n) is 7.05. The Morgan fingerprint density at radius 2 is 2.06 bits per heavy atom. The van der Waals surface area contributed by atoms with Gasteiger partial charge in [-0.25, -0.2) is 4.98 Å². The number of likely N-dealkylation sites (tertiary alicyclic amines) is 1.